The number of rotatable bonds is 6. The van der Waals surface area contributed by atoms with Crippen molar-refractivity contribution < 1.29 is 28.5 Å². The van der Waals surface area contributed by atoms with E-state index in [4.69, 9.17) is 14.2 Å². The number of carboxylic acid groups (broad SMARTS) is 1. The van der Waals surface area contributed by atoms with Crippen molar-refractivity contribution >= 4 is 5.97 Å². The van der Waals surface area contributed by atoms with E-state index in [2.05, 4.69) is 9.97 Å². The molecule has 0 fully saturated rings. The Morgan fingerprint density at radius 3 is 2.19 bits per heavy atom. The molecule has 0 saturated heterocycles. The number of nitrogens with zero attached hydrogens (tertiary/aromatic N) is 2. The molecule has 1 aromatic heterocycles. The third-order valence-electron chi connectivity index (χ3n) is 3.67. The molecule has 27 heavy (non-hydrogen) atoms. The predicted octanol–water partition coefficient (Wildman–Crippen LogP) is 3.79. The van der Waals surface area contributed by atoms with Gasteiger partial charge in [0.05, 0.1) is 20.3 Å². The van der Waals surface area contributed by atoms with Crippen molar-refractivity contribution in [1.82, 2.24) is 9.97 Å². The summed E-state index contributed by atoms with van der Waals surface area (Å²) in [5.74, 6) is -1.20. The lowest BCUT2D eigenvalue weighted by molar-refractivity contribution is 0.0695. The Morgan fingerprint density at radius 1 is 1.00 bits per heavy atom. The Hall–Kier alpha value is -3.68. The fourth-order valence-electron chi connectivity index (χ4n) is 2.44. The van der Waals surface area contributed by atoms with Crippen molar-refractivity contribution in [2.24, 2.45) is 0 Å². The molecule has 3 aromatic rings. The molecule has 2 aromatic carbocycles. The summed E-state index contributed by atoms with van der Waals surface area (Å²) >= 11 is 0. The molecular formula is C19H15FN2O5. The van der Waals surface area contributed by atoms with Gasteiger partial charge in [0.25, 0.3) is 0 Å². The van der Waals surface area contributed by atoms with Crippen LogP contribution in [0.3, 0.4) is 0 Å². The molecule has 0 aliphatic heterocycles. The van der Waals surface area contributed by atoms with Gasteiger partial charge in [0, 0.05) is 0 Å². The standard InChI is InChI=1S/C19H15FN2O5/c1-25-15-10-16(26-2)22-19(21-15)27-14-5-3-4-13(17(14)18(23)24)11-6-8-12(20)9-7-11/h3-10H,1-2H3,(H,23,24). The molecule has 1 heterocycles. The van der Waals surface area contributed by atoms with Crippen LogP contribution in [-0.2, 0) is 0 Å². The van der Waals surface area contributed by atoms with Crippen LogP contribution in [0.15, 0.2) is 48.5 Å². The second-order valence-corrected chi connectivity index (χ2v) is 5.33. The molecule has 0 bridgehead atoms. The van der Waals surface area contributed by atoms with Gasteiger partial charge in [0.2, 0.25) is 11.8 Å². The van der Waals surface area contributed by atoms with E-state index < -0.39 is 11.8 Å². The Morgan fingerprint density at radius 2 is 1.63 bits per heavy atom. The number of hydrogen-bond donors (Lipinski definition) is 1. The average Bonchev–Trinajstić information content (AvgIpc) is 2.67. The minimum Gasteiger partial charge on any atom is -0.481 e. The third-order valence-corrected chi connectivity index (χ3v) is 3.67. The van der Waals surface area contributed by atoms with E-state index >= 15 is 0 Å². The lowest BCUT2D eigenvalue weighted by Gasteiger charge is -2.13. The number of methoxy groups -OCH3 is 2. The van der Waals surface area contributed by atoms with Crippen LogP contribution in [0.2, 0.25) is 0 Å². The maximum atomic E-state index is 13.2. The van der Waals surface area contributed by atoms with Gasteiger partial charge >= 0.3 is 12.0 Å². The normalized spacial score (nSPS) is 10.3. The van der Waals surface area contributed by atoms with Crippen molar-refractivity contribution in [2.75, 3.05) is 14.2 Å². The van der Waals surface area contributed by atoms with Gasteiger partial charge < -0.3 is 19.3 Å². The average molecular weight is 370 g/mol. The number of hydrogen-bond acceptors (Lipinski definition) is 6. The van der Waals surface area contributed by atoms with E-state index in [0.29, 0.717) is 11.1 Å². The maximum Gasteiger partial charge on any atom is 0.340 e. The van der Waals surface area contributed by atoms with Crippen LogP contribution in [-0.4, -0.2) is 35.3 Å². The molecule has 0 amide bonds. The maximum absolute atomic E-state index is 13.2. The van der Waals surface area contributed by atoms with Crippen LogP contribution >= 0.6 is 0 Å². The molecule has 7 nitrogen and oxygen atoms in total. The fourth-order valence-corrected chi connectivity index (χ4v) is 2.44. The number of benzene rings is 2. The van der Waals surface area contributed by atoms with Gasteiger partial charge in [-0.05, 0) is 29.3 Å². The summed E-state index contributed by atoms with van der Waals surface area (Å²) in [5.41, 5.74) is 0.799. The van der Waals surface area contributed by atoms with Crippen LogP contribution in [0, 0.1) is 5.82 Å². The van der Waals surface area contributed by atoms with Gasteiger partial charge in [-0.3, -0.25) is 0 Å². The van der Waals surface area contributed by atoms with Crippen LogP contribution < -0.4 is 14.2 Å². The molecule has 0 saturated carbocycles. The van der Waals surface area contributed by atoms with Crippen molar-refractivity contribution in [2.45, 2.75) is 0 Å². The smallest absolute Gasteiger partial charge is 0.340 e. The lowest BCUT2D eigenvalue weighted by atomic mass is 9.99. The van der Waals surface area contributed by atoms with Crippen LogP contribution in [0.1, 0.15) is 10.4 Å². The summed E-state index contributed by atoms with van der Waals surface area (Å²) in [4.78, 5) is 19.9. The largest absolute Gasteiger partial charge is 0.481 e. The molecule has 0 aliphatic carbocycles. The van der Waals surface area contributed by atoms with Crippen LogP contribution in [0.25, 0.3) is 11.1 Å². The van der Waals surface area contributed by atoms with E-state index in [1.165, 1.54) is 50.6 Å². The van der Waals surface area contributed by atoms with E-state index in [1.54, 1.807) is 12.1 Å². The first kappa shape index (κ1) is 18.1. The number of ether oxygens (including phenoxy) is 3. The summed E-state index contributed by atoms with van der Waals surface area (Å²) < 4.78 is 28.9. The Kier molecular flexibility index (Phi) is 5.16. The Bertz CT molecular complexity index is 954. The monoisotopic (exact) mass is 370 g/mol. The second-order valence-electron chi connectivity index (χ2n) is 5.33. The molecule has 1 N–H and O–H groups in total. The molecule has 8 heteroatoms. The summed E-state index contributed by atoms with van der Waals surface area (Å²) in [6.45, 7) is 0. The molecule has 0 radical (unpaired) electrons. The van der Waals surface area contributed by atoms with Gasteiger partial charge in [-0.1, -0.05) is 24.3 Å². The van der Waals surface area contributed by atoms with Gasteiger partial charge in [-0.15, -0.1) is 0 Å². The first-order valence-corrected chi connectivity index (χ1v) is 7.79. The lowest BCUT2D eigenvalue weighted by Crippen LogP contribution is -2.05. The highest BCUT2D eigenvalue weighted by atomic mass is 19.1. The predicted molar refractivity (Wildman–Crippen MR) is 94.0 cm³/mol. The van der Waals surface area contributed by atoms with Crippen LogP contribution in [0.4, 0.5) is 4.39 Å². The van der Waals surface area contributed by atoms with E-state index in [-0.39, 0.29) is 29.1 Å². The first-order valence-electron chi connectivity index (χ1n) is 7.79. The highest BCUT2D eigenvalue weighted by molar-refractivity contribution is 5.99. The van der Waals surface area contributed by atoms with Crippen molar-refractivity contribution in [1.29, 1.82) is 0 Å². The third kappa shape index (κ3) is 3.95. The number of aromatic carboxylic acids is 1. The molecule has 0 spiro atoms. The highest BCUT2D eigenvalue weighted by Crippen LogP contribution is 2.33. The zero-order valence-electron chi connectivity index (χ0n) is 14.5. The first-order chi connectivity index (χ1) is 13.0. The molecule has 0 aliphatic rings. The van der Waals surface area contributed by atoms with Crippen molar-refractivity contribution in [3.8, 4) is 34.6 Å². The number of halogens is 1. The van der Waals surface area contributed by atoms with Crippen LogP contribution in [0.5, 0.6) is 23.5 Å². The summed E-state index contributed by atoms with van der Waals surface area (Å²) in [6.07, 6.45) is 0. The topological polar surface area (TPSA) is 90.8 Å². The minimum atomic E-state index is -1.21. The summed E-state index contributed by atoms with van der Waals surface area (Å²) in [5, 5.41) is 9.70. The van der Waals surface area contributed by atoms with Gasteiger partial charge in [-0.25, -0.2) is 9.18 Å². The van der Waals surface area contributed by atoms with Gasteiger partial charge in [0.15, 0.2) is 0 Å². The SMILES string of the molecule is COc1cc(OC)nc(Oc2cccc(-c3ccc(F)cc3)c2C(=O)O)n1. The van der Waals surface area contributed by atoms with E-state index in [1.807, 2.05) is 0 Å². The minimum absolute atomic E-state index is 0.0274. The van der Waals surface area contributed by atoms with Gasteiger partial charge in [-0.2, -0.15) is 9.97 Å². The molecule has 0 unspecified atom stereocenters. The summed E-state index contributed by atoms with van der Waals surface area (Å²) in [6, 6.07) is 11.5. The fraction of sp³-hybridized carbons (Fsp3) is 0.105. The molecule has 0 atom stereocenters. The number of aromatic nitrogens is 2. The Balaban J connectivity index is 2.07. The Labute approximate surface area is 154 Å². The number of carboxylic acids is 1. The molecule has 138 valence electrons. The molecular weight excluding hydrogens is 355 g/mol. The second kappa shape index (κ2) is 7.69. The highest BCUT2D eigenvalue weighted by Gasteiger charge is 2.20. The number of carbonyl (C=O) groups is 1. The van der Waals surface area contributed by atoms with Gasteiger partial charge in [0.1, 0.15) is 17.1 Å². The van der Waals surface area contributed by atoms with Crippen molar-refractivity contribution in [3.63, 3.8) is 0 Å². The zero-order chi connectivity index (χ0) is 19.4. The quantitative estimate of drug-likeness (QED) is 0.706. The zero-order valence-corrected chi connectivity index (χ0v) is 14.5. The van der Waals surface area contributed by atoms with E-state index in [0.717, 1.165) is 0 Å². The molecule has 3 rings (SSSR count). The van der Waals surface area contributed by atoms with Crippen molar-refractivity contribution in [3.05, 3.63) is 59.9 Å². The summed E-state index contributed by atoms with van der Waals surface area (Å²) in [7, 11) is 2.84. The van der Waals surface area contributed by atoms with E-state index in [9.17, 15) is 14.3 Å².